The Labute approximate surface area is 240 Å². The van der Waals surface area contributed by atoms with E-state index >= 15 is 0 Å². The Bertz CT molecular complexity index is 1200. The molecule has 5 rings (SSSR count). The van der Waals surface area contributed by atoms with Gasteiger partial charge >= 0.3 is 5.97 Å². The number of amides is 3. The van der Waals surface area contributed by atoms with Crippen LogP contribution in [0.4, 0.5) is 0 Å². The minimum atomic E-state index is -1.39. The van der Waals surface area contributed by atoms with Crippen molar-refractivity contribution >= 4 is 23.7 Å². The number of carbonyl (C=O) groups is 4. The molecular formula is C31H39N3O7. The van der Waals surface area contributed by atoms with E-state index in [1.165, 1.54) is 4.90 Å². The molecule has 2 fully saturated rings. The van der Waals surface area contributed by atoms with Gasteiger partial charge in [-0.05, 0) is 18.4 Å². The van der Waals surface area contributed by atoms with Gasteiger partial charge in [-0.15, -0.1) is 0 Å². The highest BCUT2D eigenvalue weighted by Crippen LogP contribution is 2.53. The number of ether oxygens (including phenoxy) is 2. The van der Waals surface area contributed by atoms with Crippen LogP contribution in [0.3, 0.4) is 0 Å². The summed E-state index contributed by atoms with van der Waals surface area (Å²) >= 11 is 0. The predicted molar refractivity (Wildman–Crippen MR) is 149 cm³/mol. The van der Waals surface area contributed by atoms with Gasteiger partial charge in [-0.2, -0.15) is 0 Å². The summed E-state index contributed by atoms with van der Waals surface area (Å²) in [5, 5.41) is 12.7. The third-order valence-electron chi connectivity index (χ3n) is 8.50. The molecule has 1 spiro atoms. The number of hydrogen-bond donors (Lipinski definition) is 2. The smallest absolute Gasteiger partial charge is 0.313 e. The average Bonchev–Trinajstić information content (AvgIpc) is 3.35. The van der Waals surface area contributed by atoms with E-state index in [0.717, 1.165) is 19.3 Å². The maximum atomic E-state index is 14.1. The van der Waals surface area contributed by atoms with Crippen molar-refractivity contribution < 1.29 is 33.8 Å². The largest absolute Gasteiger partial charge is 0.455 e. The number of rotatable bonds is 7. The molecule has 0 saturated carbocycles. The SMILES string of the molecule is CCCCCN1CC=C[C@]23O[C@@H]4/C=C\CCC(=O)NC[C@@H](c5ccccc5)OC(=O)[C@@H]4[C@H]2C(=O)N(CCO)[C@@H]3C1=O. The molecular weight excluding hydrogens is 526 g/mol. The number of nitrogens with one attached hydrogen (secondary N) is 1. The van der Waals surface area contributed by atoms with E-state index < -0.39 is 47.6 Å². The van der Waals surface area contributed by atoms with Gasteiger partial charge in [-0.25, -0.2) is 0 Å². The van der Waals surface area contributed by atoms with Crippen LogP contribution >= 0.6 is 0 Å². The molecule has 1 aromatic rings. The van der Waals surface area contributed by atoms with Crippen molar-refractivity contribution in [3.8, 4) is 0 Å². The lowest BCUT2D eigenvalue weighted by atomic mass is 9.78. The Kier molecular flexibility index (Phi) is 8.89. The second kappa shape index (κ2) is 12.6. The number of hydrogen-bond acceptors (Lipinski definition) is 7. The highest BCUT2D eigenvalue weighted by molar-refractivity contribution is 5.99. The topological polar surface area (TPSA) is 125 Å². The normalized spacial score (nSPS) is 32.7. The predicted octanol–water partition coefficient (Wildman–Crippen LogP) is 1.90. The van der Waals surface area contributed by atoms with Gasteiger partial charge in [0.15, 0.2) is 0 Å². The highest BCUT2D eigenvalue weighted by Gasteiger charge is 2.71. The van der Waals surface area contributed by atoms with Crippen molar-refractivity contribution in [1.82, 2.24) is 15.1 Å². The van der Waals surface area contributed by atoms with Gasteiger partial charge in [0.1, 0.15) is 23.7 Å². The van der Waals surface area contributed by atoms with Gasteiger partial charge in [0.25, 0.3) is 0 Å². The second-order valence-corrected chi connectivity index (χ2v) is 11.1. The number of aliphatic hydroxyl groups is 1. The van der Waals surface area contributed by atoms with Crippen molar-refractivity contribution in [2.75, 3.05) is 32.8 Å². The molecule has 1 aromatic carbocycles. The zero-order chi connectivity index (χ0) is 29.0. The molecule has 0 unspecified atom stereocenters. The lowest BCUT2D eigenvalue weighted by molar-refractivity contribution is -0.160. The van der Waals surface area contributed by atoms with Crippen molar-refractivity contribution in [2.24, 2.45) is 11.8 Å². The second-order valence-electron chi connectivity index (χ2n) is 11.1. The van der Waals surface area contributed by atoms with Crippen LogP contribution in [0.5, 0.6) is 0 Å². The Hall–Kier alpha value is -3.50. The van der Waals surface area contributed by atoms with E-state index in [9.17, 15) is 24.3 Å². The summed E-state index contributed by atoms with van der Waals surface area (Å²) in [6.07, 6.45) is 9.01. The maximum absolute atomic E-state index is 14.1. The zero-order valence-corrected chi connectivity index (χ0v) is 23.4. The fraction of sp³-hybridized carbons (Fsp3) is 0.548. The molecule has 4 aliphatic heterocycles. The molecule has 220 valence electrons. The molecule has 6 atom stereocenters. The molecule has 10 nitrogen and oxygen atoms in total. The van der Waals surface area contributed by atoms with E-state index in [4.69, 9.17) is 9.47 Å². The number of allylic oxidation sites excluding steroid dienone is 1. The molecule has 3 amide bonds. The maximum Gasteiger partial charge on any atom is 0.313 e. The summed E-state index contributed by atoms with van der Waals surface area (Å²) in [6, 6.07) is 8.13. The average molecular weight is 566 g/mol. The number of aliphatic hydroxyl groups excluding tert-OH is 1. The summed E-state index contributed by atoms with van der Waals surface area (Å²) in [4.78, 5) is 57.7. The summed E-state index contributed by atoms with van der Waals surface area (Å²) in [5.41, 5.74) is -0.679. The van der Waals surface area contributed by atoms with Crippen LogP contribution in [0.1, 0.15) is 50.7 Å². The number of esters is 1. The number of fused-ring (bicyclic) bond motifs is 2. The van der Waals surface area contributed by atoms with Gasteiger partial charge in [-0.3, -0.25) is 19.2 Å². The summed E-state index contributed by atoms with van der Waals surface area (Å²) in [7, 11) is 0. The van der Waals surface area contributed by atoms with E-state index in [1.807, 2.05) is 36.4 Å². The number of benzene rings is 1. The number of β-amino-alcohol motifs (C(OH)–C–C–N with tert-alkyl or cyclic N) is 1. The lowest BCUT2D eigenvalue weighted by Gasteiger charge is -2.35. The first-order valence-corrected chi connectivity index (χ1v) is 14.7. The molecule has 10 heteroatoms. The van der Waals surface area contributed by atoms with Gasteiger partial charge in [0.2, 0.25) is 17.7 Å². The van der Waals surface area contributed by atoms with E-state index in [1.54, 1.807) is 23.1 Å². The standard InChI is InChI=1S/C31H39N3O7/c1-2-3-9-16-33-17-10-15-31-26(28(37)34(18-19-35)27(31)29(33)38)25-22(41-31)13-7-8-14-24(36)32-20-23(40-30(25)39)21-11-5-4-6-12-21/h4-7,10-13,15,22-23,25-27,35H,2-3,8-9,14,16-20H2,1H3,(H,32,36)/b13-7-/t22-,23+,25+,26+,27-,31+/m1/s1. The minimum absolute atomic E-state index is 0.0472. The molecule has 4 aliphatic rings. The van der Waals surface area contributed by atoms with Crippen LogP contribution in [0.25, 0.3) is 0 Å². The van der Waals surface area contributed by atoms with E-state index in [0.29, 0.717) is 25.1 Å². The van der Waals surface area contributed by atoms with Crippen LogP contribution in [0, 0.1) is 11.8 Å². The number of carbonyl (C=O) groups excluding carboxylic acids is 4. The summed E-state index contributed by atoms with van der Waals surface area (Å²) in [6.45, 7) is 2.73. The van der Waals surface area contributed by atoms with Gasteiger partial charge in [0, 0.05) is 26.1 Å². The third-order valence-corrected chi connectivity index (χ3v) is 8.50. The number of cyclic esters (lactones) is 1. The molecule has 2 N–H and O–H groups in total. The first-order chi connectivity index (χ1) is 19.9. The Morgan fingerprint density at radius 3 is 2.61 bits per heavy atom. The number of likely N-dealkylation sites (tertiary alicyclic amines) is 1. The number of unbranched alkanes of at least 4 members (excludes halogenated alkanes) is 2. The first-order valence-electron chi connectivity index (χ1n) is 14.7. The van der Waals surface area contributed by atoms with Crippen LogP contribution in [-0.2, 0) is 28.7 Å². The zero-order valence-electron chi connectivity index (χ0n) is 23.4. The van der Waals surface area contributed by atoms with Crippen LogP contribution in [0.15, 0.2) is 54.6 Å². The Morgan fingerprint density at radius 2 is 1.85 bits per heavy atom. The molecule has 0 aliphatic carbocycles. The summed E-state index contributed by atoms with van der Waals surface area (Å²) in [5.74, 6) is -3.48. The quantitative estimate of drug-likeness (QED) is 0.294. The third kappa shape index (κ3) is 5.55. The van der Waals surface area contributed by atoms with E-state index in [-0.39, 0.29) is 37.9 Å². The lowest BCUT2D eigenvalue weighted by Crippen LogP contribution is -2.55. The molecule has 4 heterocycles. The summed E-state index contributed by atoms with van der Waals surface area (Å²) < 4.78 is 12.7. The van der Waals surface area contributed by atoms with Crippen molar-refractivity contribution in [3.05, 3.63) is 60.2 Å². The molecule has 41 heavy (non-hydrogen) atoms. The Morgan fingerprint density at radius 1 is 1.05 bits per heavy atom. The molecule has 0 aromatic heterocycles. The molecule has 0 radical (unpaired) electrons. The van der Waals surface area contributed by atoms with Crippen LogP contribution < -0.4 is 5.32 Å². The van der Waals surface area contributed by atoms with Crippen LogP contribution in [0.2, 0.25) is 0 Å². The van der Waals surface area contributed by atoms with Gasteiger partial charge in [-0.1, -0.05) is 74.4 Å². The molecule has 2 saturated heterocycles. The van der Waals surface area contributed by atoms with E-state index in [2.05, 4.69) is 12.2 Å². The fourth-order valence-corrected chi connectivity index (χ4v) is 6.55. The highest BCUT2D eigenvalue weighted by atomic mass is 16.6. The van der Waals surface area contributed by atoms with Gasteiger partial charge < -0.3 is 29.7 Å². The van der Waals surface area contributed by atoms with Crippen molar-refractivity contribution in [3.63, 3.8) is 0 Å². The van der Waals surface area contributed by atoms with Crippen molar-refractivity contribution in [1.29, 1.82) is 0 Å². The first kappa shape index (κ1) is 29.0. The molecule has 0 bridgehead atoms. The van der Waals surface area contributed by atoms with Gasteiger partial charge in [0.05, 0.1) is 25.2 Å². The number of nitrogens with zero attached hydrogens (tertiary/aromatic N) is 2. The van der Waals surface area contributed by atoms with Crippen LogP contribution in [-0.4, -0.2) is 89.1 Å². The minimum Gasteiger partial charge on any atom is -0.455 e. The van der Waals surface area contributed by atoms with Crippen molar-refractivity contribution in [2.45, 2.75) is 62.9 Å². The Balaban J connectivity index is 1.54. The fourth-order valence-electron chi connectivity index (χ4n) is 6.55. The monoisotopic (exact) mass is 565 g/mol.